The second-order valence-electron chi connectivity index (χ2n) is 2.71. The summed E-state index contributed by atoms with van der Waals surface area (Å²) in [6, 6.07) is 4.03. The maximum absolute atomic E-state index is 4.40. The van der Waals surface area contributed by atoms with Gasteiger partial charge in [-0.25, -0.2) is 4.98 Å². The Hall–Kier alpha value is -1.16. The maximum Gasteiger partial charge on any atom is 0.140 e. The molecule has 0 aliphatic heterocycles. The van der Waals surface area contributed by atoms with Crippen molar-refractivity contribution in [3.8, 4) is 0 Å². The molecule has 2 aromatic heterocycles. The number of aromatic nitrogens is 2. The van der Waals surface area contributed by atoms with Gasteiger partial charge in [0.25, 0.3) is 0 Å². The molecule has 0 aliphatic rings. The molecule has 0 aromatic carbocycles. The van der Waals surface area contributed by atoms with Crippen molar-refractivity contribution in [1.82, 2.24) is 9.38 Å². The van der Waals surface area contributed by atoms with Crippen molar-refractivity contribution >= 4 is 23.2 Å². The topological polar surface area (TPSA) is 29.3 Å². The molecule has 0 radical (unpaired) electrons. The van der Waals surface area contributed by atoms with Gasteiger partial charge in [-0.15, -0.1) is 11.8 Å². The van der Waals surface area contributed by atoms with E-state index in [9.17, 15) is 0 Å². The fraction of sp³-hybridized carbons (Fsp3) is 0.222. The molecule has 0 spiro atoms. The Balaban J connectivity index is 2.57. The van der Waals surface area contributed by atoms with Crippen LogP contribution >= 0.6 is 11.8 Å². The molecule has 13 heavy (non-hydrogen) atoms. The van der Waals surface area contributed by atoms with Gasteiger partial charge in [0.1, 0.15) is 11.5 Å². The van der Waals surface area contributed by atoms with Gasteiger partial charge in [0.05, 0.1) is 0 Å². The molecule has 3 nitrogen and oxygen atoms in total. The van der Waals surface area contributed by atoms with E-state index in [1.165, 1.54) is 4.90 Å². The van der Waals surface area contributed by atoms with Crippen LogP contribution < -0.4 is 5.32 Å². The zero-order valence-electron chi connectivity index (χ0n) is 7.61. The third kappa shape index (κ3) is 1.49. The van der Waals surface area contributed by atoms with E-state index in [2.05, 4.69) is 28.8 Å². The highest BCUT2D eigenvalue weighted by molar-refractivity contribution is 7.98. The molecule has 0 aliphatic carbocycles. The lowest BCUT2D eigenvalue weighted by atomic mass is 10.5. The average Bonchev–Trinajstić information content (AvgIpc) is 2.58. The Kier molecular flexibility index (Phi) is 2.14. The second kappa shape index (κ2) is 3.30. The summed E-state index contributed by atoms with van der Waals surface area (Å²) in [5.41, 5.74) is 0.983. The van der Waals surface area contributed by atoms with E-state index in [4.69, 9.17) is 0 Å². The number of hydrogen-bond acceptors (Lipinski definition) is 3. The predicted molar refractivity (Wildman–Crippen MR) is 56.5 cm³/mol. The van der Waals surface area contributed by atoms with Gasteiger partial charge in [0.15, 0.2) is 0 Å². The fourth-order valence-corrected chi connectivity index (χ4v) is 1.66. The molecule has 0 fully saturated rings. The summed E-state index contributed by atoms with van der Waals surface area (Å²) in [6.45, 7) is 0. The number of hydrogen-bond donors (Lipinski definition) is 1. The molecule has 4 heteroatoms. The van der Waals surface area contributed by atoms with E-state index in [1.807, 2.05) is 23.7 Å². The van der Waals surface area contributed by atoms with E-state index in [1.54, 1.807) is 11.8 Å². The molecule has 2 rings (SSSR count). The van der Waals surface area contributed by atoms with Gasteiger partial charge in [-0.05, 0) is 18.4 Å². The Morgan fingerprint density at radius 2 is 2.38 bits per heavy atom. The second-order valence-corrected chi connectivity index (χ2v) is 3.59. The SMILES string of the molecule is CNc1ccn2cc(SC)cc2n1. The van der Waals surface area contributed by atoms with Crippen molar-refractivity contribution in [3.05, 3.63) is 24.5 Å². The van der Waals surface area contributed by atoms with Crippen LogP contribution in [0.4, 0.5) is 5.82 Å². The largest absolute Gasteiger partial charge is 0.373 e. The molecule has 68 valence electrons. The van der Waals surface area contributed by atoms with Gasteiger partial charge in [-0.1, -0.05) is 0 Å². The minimum Gasteiger partial charge on any atom is -0.373 e. The predicted octanol–water partition coefficient (Wildman–Crippen LogP) is 2.10. The summed E-state index contributed by atoms with van der Waals surface area (Å²) in [6.07, 6.45) is 6.15. The van der Waals surface area contributed by atoms with E-state index >= 15 is 0 Å². The van der Waals surface area contributed by atoms with Crippen LogP contribution in [0.25, 0.3) is 5.65 Å². The van der Waals surface area contributed by atoms with Crippen LogP contribution in [0.15, 0.2) is 29.4 Å². The monoisotopic (exact) mass is 193 g/mol. The van der Waals surface area contributed by atoms with E-state index in [0.29, 0.717) is 0 Å². The van der Waals surface area contributed by atoms with Crippen LogP contribution in [0.2, 0.25) is 0 Å². The first-order valence-corrected chi connectivity index (χ1v) is 5.26. The van der Waals surface area contributed by atoms with Crippen LogP contribution in [0.1, 0.15) is 0 Å². The first kappa shape index (κ1) is 8.44. The summed E-state index contributed by atoms with van der Waals surface area (Å²) >= 11 is 1.73. The molecule has 0 atom stereocenters. The molecule has 0 amide bonds. The third-order valence-corrected chi connectivity index (χ3v) is 2.62. The van der Waals surface area contributed by atoms with E-state index < -0.39 is 0 Å². The van der Waals surface area contributed by atoms with Gasteiger partial charge in [-0.3, -0.25) is 0 Å². The average molecular weight is 193 g/mol. The van der Waals surface area contributed by atoms with Crippen LogP contribution in [0.3, 0.4) is 0 Å². The summed E-state index contributed by atoms with van der Waals surface area (Å²) in [5.74, 6) is 0.901. The Morgan fingerprint density at radius 1 is 1.54 bits per heavy atom. The normalized spacial score (nSPS) is 10.6. The highest BCUT2D eigenvalue weighted by Gasteiger charge is 1.99. The highest BCUT2D eigenvalue weighted by Crippen LogP contribution is 2.18. The molecule has 0 saturated heterocycles. The van der Waals surface area contributed by atoms with Crippen molar-refractivity contribution in [2.75, 3.05) is 18.6 Å². The standard InChI is InChI=1S/C9H11N3S/c1-10-8-3-4-12-6-7(13-2)5-9(12)11-8/h3-6H,1-2H3,(H,10,11). The van der Waals surface area contributed by atoms with Crippen LogP contribution in [-0.2, 0) is 0 Å². The number of thioether (sulfide) groups is 1. The lowest BCUT2D eigenvalue weighted by molar-refractivity contribution is 1.12. The molecule has 2 heterocycles. The summed E-state index contributed by atoms with van der Waals surface area (Å²) in [7, 11) is 1.87. The van der Waals surface area contributed by atoms with Gasteiger partial charge >= 0.3 is 0 Å². The molecule has 1 N–H and O–H groups in total. The van der Waals surface area contributed by atoms with Crippen LogP contribution in [0.5, 0.6) is 0 Å². The first-order valence-electron chi connectivity index (χ1n) is 4.04. The fourth-order valence-electron chi connectivity index (χ4n) is 1.21. The quantitative estimate of drug-likeness (QED) is 0.741. The summed E-state index contributed by atoms with van der Waals surface area (Å²) in [5, 5.41) is 3.02. The number of rotatable bonds is 2. The minimum atomic E-state index is 0.901. The third-order valence-electron chi connectivity index (χ3n) is 1.92. The minimum absolute atomic E-state index is 0.901. The molecular weight excluding hydrogens is 182 g/mol. The molecule has 0 bridgehead atoms. The Bertz CT molecular complexity index is 420. The van der Waals surface area contributed by atoms with E-state index in [0.717, 1.165) is 11.5 Å². The van der Waals surface area contributed by atoms with Gasteiger partial charge in [0.2, 0.25) is 0 Å². The van der Waals surface area contributed by atoms with Crippen molar-refractivity contribution in [3.63, 3.8) is 0 Å². The number of nitrogens with one attached hydrogen (secondary N) is 1. The van der Waals surface area contributed by atoms with E-state index in [-0.39, 0.29) is 0 Å². The van der Waals surface area contributed by atoms with Gasteiger partial charge < -0.3 is 9.72 Å². The van der Waals surface area contributed by atoms with Crippen molar-refractivity contribution in [2.24, 2.45) is 0 Å². The number of anilines is 1. The Morgan fingerprint density at radius 3 is 3.08 bits per heavy atom. The van der Waals surface area contributed by atoms with Crippen LogP contribution in [0, 0.1) is 0 Å². The maximum atomic E-state index is 4.40. The summed E-state index contributed by atoms with van der Waals surface area (Å²) < 4.78 is 2.02. The zero-order valence-corrected chi connectivity index (χ0v) is 8.43. The van der Waals surface area contributed by atoms with Crippen LogP contribution in [-0.4, -0.2) is 22.7 Å². The lowest BCUT2D eigenvalue weighted by Crippen LogP contribution is -1.93. The highest BCUT2D eigenvalue weighted by atomic mass is 32.2. The van der Waals surface area contributed by atoms with Gasteiger partial charge in [-0.2, -0.15) is 0 Å². The molecule has 0 saturated carbocycles. The zero-order chi connectivity index (χ0) is 9.26. The molecule has 0 unspecified atom stereocenters. The van der Waals surface area contributed by atoms with Crippen molar-refractivity contribution in [2.45, 2.75) is 4.90 Å². The van der Waals surface area contributed by atoms with Crippen molar-refractivity contribution < 1.29 is 0 Å². The molecular formula is C9H11N3S. The van der Waals surface area contributed by atoms with Gasteiger partial charge in [0, 0.05) is 24.3 Å². The number of nitrogens with zero attached hydrogens (tertiary/aromatic N) is 2. The first-order chi connectivity index (χ1) is 6.33. The number of fused-ring (bicyclic) bond motifs is 1. The summed E-state index contributed by atoms with van der Waals surface area (Å²) in [4.78, 5) is 5.64. The lowest BCUT2D eigenvalue weighted by Gasteiger charge is -1.98. The Labute approximate surface area is 81.2 Å². The molecule has 2 aromatic rings. The smallest absolute Gasteiger partial charge is 0.140 e. The van der Waals surface area contributed by atoms with Crippen molar-refractivity contribution in [1.29, 1.82) is 0 Å².